The zero-order valence-electron chi connectivity index (χ0n) is 14.7. The number of benzene rings is 1. The van der Waals surface area contributed by atoms with Gasteiger partial charge in [-0.1, -0.05) is 18.2 Å². The van der Waals surface area contributed by atoms with E-state index in [-0.39, 0.29) is 5.91 Å². The third-order valence-corrected chi connectivity index (χ3v) is 5.31. The van der Waals surface area contributed by atoms with Crippen LogP contribution in [0.3, 0.4) is 0 Å². The van der Waals surface area contributed by atoms with Crippen LogP contribution < -0.4 is 4.90 Å². The van der Waals surface area contributed by atoms with Gasteiger partial charge >= 0.3 is 0 Å². The highest BCUT2D eigenvalue weighted by Gasteiger charge is 2.32. The molecule has 1 aromatic heterocycles. The minimum absolute atomic E-state index is 0.0557. The van der Waals surface area contributed by atoms with Crippen LogP contribution in [0, 0.1) is 5.92 Å². The van der Waals surface area contributed by atoms with Crippen molar-refractivity contribution < 1.29 is 9.90 Å². The van der Waals surface area contributed by atoms with Crippen molar-refractivity contribution in [2.45, 2.75) is 31.8 Å². The average molecular weight is 339 g/mol. The first kappa shape index (κ1) is 16.3. The van der Waals surface area contributed by atoms with E-state index in [0.29, 0.717) is 18.0 Å². The monoisotopic (exact) mass is 339 g/mol. The van der Waals surface area contributed by atoms with E-state index in [1.807, 2.05) is 30.3 Å². The first-order valence-electron chi connectivity index (χ1n) is 9.22. The van der Waals surface area contributed by atoms with Gasteiger partial charge in [0, 0.05) is 32.1 Å². The van der Waals surface area contributed by atoms with E-state index in [1.54, 1.807) is 11.9 Å². The second-order valence-corrected chi connectivity index (χ2v) is 7.34. The molecule has 0 spiro atoms. The second kappa shape index (κ2) is 6.64. The molecular formula is C20H25N3O2. The Hall–Kier alpha value is -2.14. The van der Waals surface area contributed by atoms with Crippen molar-refractivity contribution >= 4 is 22.6 Å². The SMILES string of the molecule is CN(CC(O)C1CC1)C(=O)c1cc2ccccc2nc1N1CCCC1. The maximum Gasteiger partial charge on any atom is 0.257 e. The third kappa shape index (κ3) is 3.33. The Morgan fingerprint density at radius 3 is 2.76 bits per heavy atom. The molecule has 4 rings (SSSR count). The lowest BCUT2D eigenvalue weighted by atomic mass is 10.1. The molecule has 2 fully saturated rings. The molecule has 1 amide bonds. The molecular weight excluding hydrogens is 314 g/mol. The van der Waals surface area contributed by atoms with Crippen molar-refractivity contribution in [3.8, 4) is 0 Å². The van der Waals surface area contributed by atoms with Crippen LogP contribution in [0.4, 0.5) is 5.82 Å². The number of carbonyl (C=O) groups excluding carboxylic acids is 1. The second-order valence-electron chi connectivity index (χ2n) is 7.34. The summed E-state index contributed by atoms with van der Waals surface area (Å²) in [5, 5.41) is 11.2. The van der Waals surface area contributed by atoms with E-state index in [2.05, 4.69) is 4.90 Å². The standard InChI is InChI=1S/C20H25N3O2/c1-22(13-18(24)14-8-9-14)20(25)16-12-15-6-2-3-7-17(15)21-19(16)23-10-4-5-11-23/h2-3,6-7,12,14,18,24H,4-5,8-11,13H2,1H3. The maximum absolute atomic E-state index is 13.1. The zero-order valence-corrected chi connectivity index (χ0v) is 14.7. The summed E-state index contributed by atoms with van der Waals surface area (Å²) in [5.41, 5.74) is 1.56. The van der Waals surface area contributed by atoms with Crippen molar-refractivity contribution in [1.29, 1.82) is 0 Å². The normalized spacial score (nSPS) is 18.6. The Morgan fingerprint density at radius 1 is 1.32 bits per heavy atom. The number of amides is 1. The number of hydrogen-bond donors (Lipinski definition) is 1. The molecule has 1 atom stereocenters. The molecule has 1 saturated heterocycles. The van der Waals surface area contributed by atoms with Gasteiger partial charge in [0.2, 0.25) is 0 Å². The van der Waals surface area contributed by atoms with Gasteiger partial charge in [0.1, 0.15) is 5.82 Å². The number of fused-ring (bicyclic) bond motifs is 1. The molecule has 5 nitrogen and oxygen atoms in total. The minimum Gasteiger partial charge on any atom is -0.391 e. The first-order chi connectivity index (χ1) is 12.1. The summed E-state index contributed by atoms with van der Waals surface area (Å²) in [7, 11) is 1.77. The molecule has 25 heavy (non-hydrogen) atoms. The van der Waals surface area contributed by atoms with Crippen molar-refractivity contribution in [1.82, 2.24) is 9.88 Å². The number of nitrogens with zero attached hydrogens (tertiary/aromatic N) is 3. The van der Waals surface area contributed by atoms with Crippen LogP contribution in [-0.2, 0) is 0 Å². The summed E-state index contributed by atoms with van der Waals surface area (Å²) in [6.07, 6.45) is 3.99. The largest absolute Gasteiger partial charge is 0.391 e. The summed E-state index contributed by atoms with van der Waals surface area (Å²) in [5.74, 6) is 1.09. The topological polar surface area (TPSA) is 56.7 Å². The van der Waals surface area contributed by atoms with E-state index >= 15 is 0 Å². The number of hydrogen-bond acceptors (Lipinski definition) is 4. The fourth-order valence-electron chi connectivity index (χ4n) is 3.63. The van der Waals surface area contributed by atoms with E-state index in [4.69, 9.17) is 4.98 Å². The van der Waals surface area contributed by atoms with Crippen molar-refractivity contribution in [2.75, 3.05) is 31.6 Å². The van der Waals surface area contributed by atoms with Crippen LogP contribution in [0.15, 0.2) is 30.3 Å². The van der Waals surface area contributed by atoms with Crippen LogP contribution in [0.25, 0.3) is 10.9 Å². The van der Waals surface area contributed by atoms with Gasteiger partial charge in [-0.25, -0.2) is 4.98 Å². The Bertz CT molecular complexity index is 782. The Labute approximate surface area is 148 Å². The molecule has 2 heterocycles. The highest BCUT2D eigenvalue weighted by Crippen LogP contribution is 2.33. The molecule has 1 saturated carbocycles. The number of likely N-dealkylation sites (N-methyl/N-ethyl adjacent to an activating group) is 1. The maximum atomic E-state index is 13.1. The lowest BCUT2D eigenvalue weighted by Gasteiger charge is -2.25. The number of anilines is 1. The lowest BCUT2D eigenvalue weighted by Crippen LogP contribution is -2.36. The molecule has 1 aromatic carbocycles. The van der Waals surface area contributed by atoms with Gasteiger partial charge in [-0.05, 0) is 43.7 Å². The fourth-order valence-corrected chi connectivity index (χ4v) is 3.63. The Morgan fingerprint density at radius 2 is 2.04 bits per heavy atom. The van der Waals surface area contributed by atoms with Crippen molar-refractivity contribution in [2.24, 2.45) is 5.92 Å². The number of aliphatic hydroxyl groups excluding tert-OH is 1. The molecule has 1 N–H and O–H groups in total. The number of carbonyl (C=O) groups is 1. The first-order valence-corrected chi connectivity index (χ1v) is 9.22. The molecule has 2 aliphatic rings. The van der Waals surface area contributed by atoms with Gasteiger partial charge in [0.15, 0.2) is 0 Å². The highest BCUT2D eigenvalue weighted by molar-refractivity contribution is 6.02. The molecule has 0 bridgehead atoms. The molecule has 5 heteroatoms. The molecule has 2 aromatic rings. The van der Waals surface area contributed by atoms with Gasteiger partial charge in [-0.15, -0.1) is 0 Å². The quantitative estimate of drug-likeness (QED) is 0.910. The van der Waals surface area contributed by atoms with Gasteiger partial charge in [0.25, 0.3) is 5.91 Å². The molecule has 0 radical (unpaired) electrons. The number of pyridine rings is 1. The number of aliphatic hydroxyl groups is 1. The minimum atomic E-state index is -0.419. The van der Waals surface area contributed by atoms with E-state index in [9.17, 15) is 9.90 Å². The summed E-state index contributed by atoms with van der Waals surface area (Å²) >= 11 is 0. The summed E-state index contributed by atoms with van der Waals surface area (Å²) < 4.78 is 0. The Kier molecular flexibility index (Phi) is 4.34. The predicted octanol–water partition coefficient (Wildman–Crippen LogP) is 2.68. The average Bonchev–Trinajstić information content (AvgIpc) is 3.35. The van der Waals surface area contributed by atoms with Crippen LogP contribution in [0.2, 0.25) is 0 Å². The van der Waals surface area contributed by atoms with E-state index in [0.717, 1.165) is 55.5 Å². The van der Waals surface area contributed by atoms with E-state index < -0.39 is 6.10 Å². The zero-order chi connectivity index (χ0) is 17.4. The summed E-state index contributed by atoms with van der Waals surface area (Å²) in [6, 6.07) is 9.88. The fraction of sp³-hybridized carbons (Fsp3) is 0.500. The smallest absolute Gasteiger partial charge is 0.257 e. The lowest BCUT2D eigenvalue weighted by molar-refractivity contribution is 0.0646. The Balaban J connectivity index is 1.67. The molecule has 1 aliphatic heterocycles. The highest BCUT2D eigenvalue weighted by atomic mass is 16.3. The molecule has 132 valence electrons. The van der Waals surface area contributed by atoms with Gasteiger partial charge in [-0.2, -0.15) is 0 Å². The van der Waals surface area contributed by atoms with Crippen LogP contribution in [-0.4, -0.2) is 53.7 Å². The number of rotatable bonds is 5. The molecule has 1 unspecified atom stereocenters. The summed E-state index contributed by atoms with van der Waals surface area (Å²) in [4.78, 5) is 21.8. The number of para-hydroxylation sites is 1. The van der Waals surface area contributed by atoms with Crippen molar-refractivity contribution in [3.63, 3.8) is 0 Å². The third-order valence-electron chi connectivity index (χ3n) is 5.31. The number of aromatic nitrogens is 1. The van der Waals surface area contributed by atoms with Crippen LogP contribution >= 0.6 is 0 Å². The van der Waals surface area contributed by atoms with E-state index in [1.165, 1.54) is 0 Å². The predicted molar refractivity (Wildman–Crippen MR) is 98.9 cm³/mol. The van der Waals surface area contributed by atoms with Gasteiger partial charge in [0.05, 0.1) is 17.2 Å². The van der Waals surface area contributed by atoms with Crippen LogP contribution in [0.1, 0.15) is 36.0 Å². The van der Waals surface area contributed by atoms with Gasteiger partial charge < -0.3 is 14.9 Å². The van der Waals surface area contributed by atoms with Gasteiger partial charge in [-0.3, -0.25) is 4.79 Å². The van der Waals surface area contributed by atoms with Crippen LogP contribution in [0.5, 0.6) is 0 Å². The molecule has 1 aliphatic carbocycles. The summed E-state index contributed by atoms with van der Waals surface area (Å²) in [6.45, 7) is 2.27. The van der Waals surface area contributed by atoms with Crippen molar-refractivity contribution in [3.05, 3.63) is 35.9 Å².